The maximum absolute atomic E-state index is 12.0. The molecule has 2 amide bonds. The van der Waals surface area contributed by atoms with E-state index in [-0.39, 0.29) is 55.5 Å². The van der Waals surface area contributed by atoms with E-state index in [0.717, 1.165) is 19.3 Å². The summed E-state index contributed by atoms with van der Waals surface area (Å²) in [6.07, 6.45) is 2.35. The lowest BCUT2D eigenvalue weighted by atomic mass is 9.95. The first-order chi connectivity index (χ1) is 15.0. The van der Waals surface area contributed by atoms with Crippen LogP contribution in [0.1, 0.15) is 78.6 Å². The van der Waals surface area contributed by atoms with Gasteiger partial charge in [-0.2, -0.15) is 0 Å². The molecule has 32 heavy (non-hydrogen) atoms. The number of Topliss-reactive ketones (excluding diaryl/α,β-unsaturated/α-hetero) is 2. The number of aliphatic carboxylic acids is 2. The molecule has 0 aliphatic carbocycles. The molecule has 0 aromatic carbocycles. The van der Waals surface area contributed by atoms with Crippen molar-refractivity contribution < 1.29 is 39.0 Å². The van der Waals surface area contributed by atoms with E-state index < -0.39 is 29.8 Å². The Bertz CT molecular complexity index is 677. The highest BCUT2D eigenvalue weighted by molar-refractivity contribution is 5.85. The van der Waals surface area contributed by atoms with E-state index in [2.05, 4.69) is 10.6 Å². The van der Waals surface area contributed by atoms with Crippen molar-refractivity contribution in [1.29, 1.82) is 0 Å². The van der Waals surface area contributed by atoms with Crippen molar-refractivity contribution in [3.05, 3.63) is 0 Å². The predicted octanol–water partition coefficient (Wildman–Crippen LogP) is 1.70. The summed E-state index contributed by atoms with van der Waals surface area (Å²) < 4.78 is 0. The van der Waals surface area contributed by atoms with Crippen molar-refractivity contribution in [2.24, 2.45) is 11.8 Å². The zero-order valence-corrected chi connectivity index (χ0v) is 19.1. The fourth-order valence-corrected chi connectivity index (χ4v) is 3.29. The Kier molecular flexibility index (Phi) is 14.6. The fraction of sp³-hybridized carbons (Fsp3) is 0.727. The zero-order chi connectivity index (χ0) is 24.7. The number of hydrogen-bond acceptors (Lipinski definition) is 6. The third kappa shape index (κ3) is 13.5. The average molecular weight is 457 g/mol. The summed E-state index contributed by atoms with van der Waals surface area (Å²) in [4.78, 5) is 68.9. The number of unbranched alkanes of at least 4 members (excludes halogenated alkanes) is 1. The second-order valence-corrected chi connectivity index (χ2v) is 8.04. The number of carbonyl (C=O) groups excluding carboxylic acids is 4. The fourth-order valence-electron chi connectivity index (χ4n) is 3.29. The maximum Gasteiger partial charge on any atom is 0.326 e. The van der Waals surface area contributed by atoms with Crippen molar-refractivity contribution in [1.82, 2.24) is 10.6 Å². The van der Waals surface area contributed by atoms with Gasteiger partial charge in [0.2, 0.25) is 11.8 Å². The minimum atomic E-state index is -1.29. The van der Waals surface area contributed by atoms with Crippen LogP contribution in [0.2, 0.25) is 0 Å². The molecule has 10 nitrogen and oxygen atoms in total. The van der Waals surface area contributed by atoms with Crippen molar-refractivity contribution in [2.75, 3.05) is 6.54 Å². The molecular weight excluding hydrogens is 420 g/mol. The normalized spacial score (nSPS) is 13.5. The first kappa shape index (κ1) is 29.2. The molecule has 10 heteroatoms. The topological polar surface area (TPSA) is 167 Å². The van der Waals surface area contributed by atoms with E-state index in [1.165, 1.54) is 6.92 Å². The standard InChI is InChI=1S/C22H36N2O8/c1-4-16(15(3)26)7-5-6-12-23-19(27)11-9-18(22(31)32)24-20(28)10-8-17(21(29)30)13-14(2)25/h16-18H,4-13H2,1-3H3,(H,23,27)(H,24,28)(H,29,30)(H,31,32). The van der Waals surface area contributed by atoms with Crippen LogP contribution in [0, 0.1) is 11.8 Å². The largest absolute Gasteiger partial charge is 0.481 e. The summed E-state index contributed by atoms with van der Waals surface area (Å²) in [7, 11) is 0. The van der Waals surface area contributed by atoms with Crippen LogP contribution in [0.5, 0.6) is 0 Å². The lowest BCUT2D eigenvalue weighted by Gasteiger charge is -2.16. The summed E-state index contributed by atoms with van der Waals surface area (Å²) in [5, 5.41) is 23.3. The van der Waals surface area contributed by atoms with Crippen LogP contribution in [-0.2, 0) is 28.8 Å². The van der Waals surface area contributed by atoms with Gasteiger partial charge in [0, 0.05) is 31.7 Å². The smallest absolute Gasteiger partial charge is 0.326 e. The Morgan fingerprint density at radius 1 is 0.781 bits per heavy atom. The zero-order valence-electron chi connectivity index (χ0n) is 19.1. The molecule has 0 spiro atoms. The van der Waals surface area contributed by atoms with Gasteiger partial charge >= 0.3 is 11.9 Å². The van der Waals surface area contributed by atoms with Crippen LogP contribution in [0.25, 0.3) is 0 Å². The van der Waals surface area contributed by atoms with Gasteiger partial charge in [0.05, 0.1) is 5.92 Å². The van der Waals surface area contributed by atoms with E-state index >= 15 is 0 Å². The number of carbonyl (C=O) groups is 6. The Hall–Kier alpha value is -2.78. The van der Waals surface area contributed by atoms with Gasteiger partial charge < -0.3 is 25.6 Å². The lowest BCUT2D eigenvalue weighted by molar-refractivity contribution is -0.145. The highest BCUT2D eigenvalue weighted by Crippen LogP contribution is 2.14. The van der Waals surface area contributed by atoms with Gasteiger partial charge in [-0.25, -0.2) is 4.79 Å². The predicted molar refractivity (Wildman–Crippen MR) is 116 cm³/mol. The molecule has 0 bridgehead atoms. The van der Waals surface area contributed by atoms with Gasteiger partial charge in [-0.1, -0.05) is 13.3 Å². The number of carboxylic acid groups (broad SMARTS) is 2. The molecule has 0 aromatic heterocycles. The number of hydrogen-bond donors (Lipinski definition) is 4. The third-order valence-electron chi connectivity index (χ3n) is 5.27. The van der Waals surface area contributed by atoms with Crippen LogP contribution in [0.3, 0.4) is 0 Å². The van der Waals surface area contributed by atoms with Gasteiger partial charge in [0.15, 0.2) is 0 Å². The van der Waals surface area contributed by atoms with Crippen LogP contribution in [0.15, 0.2) is 0 Å². The second-order valence-electron chi connectivity index (χ2n) is 8.04. The molecule has 0 aliphatic rings. The highest BCUT2D eigenvalue weighted by Gasteiger charge is 2.24. The summed E-state index contributed by atoms with van der Waals surface area (Å²) in [5.41, 5.74) is 0. The molecule has 3 unspecified atom stereocenters. The van der Waals surface area contributed by atoms with Crippen molar-refractivity contribution in [2.45, 2.75) is 84.6 Å². The molecule has 4 N–H and O–H groups in total. The van der Waals surface area contributed by atoms with Crippen LogP contribution in [-0.4, -0.2) is 58.1 Å². The summed E-state index contributed by atoms with van der Waals surface area (Å²) in [5.74, 6) is -4.58. The minimum Gasteiger partial charge on any atom is -0.481 e. The Morgan fingerprint density at radius 2 is 1.41 bits per heavy atom. The van der Waals surface area contributed by atoms with Crippen LogP contribution in [0.4, 0.5) is 0 Å². The first-order valence-electron chi connectivity index (χ1n) is 11.0. The molecule has 0 saturated carbocycles. The van der Waals surface area contributed by atoms with Crippen molar-refractivity contribution >= 4 is 35.3 Å². The van der Waals surface area contributed by atoms with E-state index in [9.17, 15) is 33.9 Å². The summed E-state index contributed by atoms with van der Waals surface area (Å²) >= 11 is 0. The summed E-state index contributed by atoms with van der Waals surface area (Å²) in [6.45, 7) is 5.21. The van der Waals surface area contributed by atoms with Crippen LogP contribution >= 0.6 is 0 Å². The molecule has 3 atom stereocenters. The molecule has 0 fully saturated rings. The Balaban J connectivity index is 4.32. The average Bonchev–Trinajstić information content (AvgIpc) is 2.69. The van der Waals surface area contributed by atoms with Gasteiger partial charge in [0.1, 0.15) is 17.6 Å². The van der Waals surface area contributed by atoms with Gasteiger partial charge in [-0.15, -0.1) is 0 Å². The Morgan fingerprint density at radius 3 is 1.91 bits per heavy atom. The van der Waals surface area contributed by atoms with Gasteiger partial charge in [0.25, 0.3) is 0 Å². The molecule has 182 valence electrons. The van der Waals surface area contributed by atoms with E-state index in [0.29, 0.717) is 13.0 Å². The quantitative estimate of drug-likeness (QED) is 0.226. The lowest BCUT2D eigenvalue weighted by Crippen LogP contribution is -2.41. The monoisotopic (exact) mass is 456 g/mol. The second kappa shape index (κ2) is 15.9. The molecule has 0 aromatic rings. The van der Waals surface area contributed by atoms with Crippen molar-refractivity contribution in [3.8, 4) is 0 Å². The van der Waals surface area contributed by atoms with Crippen LogP contribution < -0.4 is 10.6 Å². The number of ketones is 2. The maximum atomic E-state index is 12.0. The molecule has 0 aliphatic heterocycles. The molecule has 0 radical (unpaired) electrons. The SMILES string of the molecule is CCC(CCCCNC(=O)CCC(NC(=O)CCC(CC(C)=O)C(=O)O)C(=O)O)C(C)=O. The van der Waals surface area contributed by atoms with Crippen molar-refractivity contribution in [3.63, 3.8) is 0 Å². The summed E-state index contributed by atoms with van der Waals surface area (Å²) in [6, 6.07) is -1.27. The first-order valence-corrected chi connectivity index (χ1v) is 11.0. The van der Waals surface area contributed by atoms with E-state index in [1.807, 2.05) is 6.92 Å². The van der Waals surface area contributed by atoms with Gasteiger partial charge in [-0.05, 0) is 46.0 Å². The molecular formula is C22H36N2O8. The molecule has 0 saturated heterocycles. The minimum absolute atomic E-state index is 0.0406. The Labute approximate surface area is 188 Å². The van der Waals surface area contributed by atoms with Gasteiger partial charge in [-0.3, -0.25) is 19.2 Å². The highest BCUT2D eigenvalue weighted by atomic mass is 16.4. The molecule has 0 rings (SSSR count). The van der Waals surface area contributed by atoms with E-state index in [4.69, 9.17) is 5.11 Å². The van der Waals surface area contributed by atoms with E-state index in [1.54, 1.807) is 6.92 Å². The molecule has 0 heterocycles. The number of nitrogens with one attached hydrogen (secondary N) is 2. The number of rotatable bonds is 18. The number of amides is 2. The third-order valence-corrected chi connectivity index (χ3v) is 5.27. The number of carboxylic acids is 2.